The molecule has 1 saturated heterocycles. The monoisotopic (exact) mass is 316 g/mol. The van der Waals surface area contributed by atoms with E-state index in [9.17, 15) is 9.59 Å². The fourth-order valence-electron chi connectivity index (χ4n) is 3.82. The topological polar surface area (TPSA) is 72.6 Å². The fourth-order valence-corrected chi connectivity index (χ4v) is 3.82. The van der Waals surface area contributed by atoms with Gasteiger partial charge in [0.15, 0.2) is 6.61 Å². The molecule has 1 aromatic carbocycles. The summed E-state index contributed by atoms with van der Waals surface area (Å²) in [6, 6.07) is 6.93. The van der Waals surface area contributed by atoms with Crippen molar-refractivity contribution in [3.05, 3.63) is 29.8 Å². The zero-order valence-corrected chi connectivity index (χ0v) is 13.4. The third-order valence-electron chi connectivity index (χ3n) is 5.06. The second-order valence-corrected chi connectivity index (χ2v) is 6.62. The van der Waals surface area contributed by atoms with Crippen LogP contribution in [0, 0.1) is 11.8 Å². The SMILES string of the molecule is NC(=O)COc1ccc(C(=O)N2CC[C@H]3CCCC[C@@H]3C2)cc1. The number of carbonyl (C=O) groups excluding carboxylic acids is 2. The van der Waals surface area contributed by atoms with Gasteiger partial charge in [0.2, 0.25) is 0 Å². The van der Waals surface area contributed by atoms with Gasteiger partial charge in [0.25, 0.3) is 11.8 Å². The van der Waals surface area contributed by atoms with Crippen LogP contribution in [0.2, 0.25) is 0 Å². The van der Waals surface area contributed by atoms with Gasteiger partial charge in [-0.25, -0.2) is 0 Å². The third kappa shape index (κ3) is 3.84. The molecule has 0 spiro atoms. The summed E-state index contributed by atoms with van der Waals surface area (Å²) in [5.74, 6) is 1.62. The lowest BCUT2D eigenvalue weighted by atomic mass is 9.75. The zero-order chi connectivity index (χ0) is 16.2. The van der Waals surface area contributed by atoms with Crippen molar-refractivity contribution in [3.8, 4) is 5.75 Å². The highest BCUT2D eigenvalue weighted by Gasteiger charge is 2.33. The highest BCUT2D eigenvalue weighted by molar-refractivity contribution is 5.94. The molecular weight excluding hydrogens is 292 g/mol. The van der Waals surface area contributed by atoms with Gasteiger partial charge in [-0.3, -0.25) is 9.59 Å². The van der Waals surface area contributed by atoms with Gasteiger partial charge in [-0.15, -0.1) is 0 Å². The first-order valence-corrected chi connectivity index (χ1v) is 8.44. The maximum Gasteiger partial charge on any atom is 0.255 e. The fraction of sp³-hybridized carbons (Fsp3) is 0.556. The van der Waals surface area contributed by atoms with Gasteiger partial charge >= 0.3 is 0 Å². The largest absolute Gasteiger partial charge is 0.484 e. The molecule has 0 unspecified atom stereocenters. The summed E-state index contributed by atoms with van der Waals surface area (Å²) in [6.07, 6.45) is 6.38. The minimum Gasteiger partial charge on any atom is -0.484 e. The minimum atomic E-state index is -0.513. The van der Waals surface area contributed by atoms with Crippen LogP contribution in [0.25, 0.3) is 0 Å². The standard InChI is InChI=1S/C18H24N2O3/c19-17(21)12-23-16-7-5-14(6-8-16)18(22)20-10-9-13-3-1-2-4-15(13)11-20/h5-8,13,15H,1-4,9-12H2,(H2,19,21)/t13-,15-/m1/s1. The summed E-state index contributed by atoms with van der Waals surface area (Å²) in [7, 11) is 0. The van der Waals surface area contributed by atoms with E-state index in [1.54, 1.807) is 24.3 Å². The van der Waals surface area contributed by atoms with Crippen LogP contribution >= 0.6 is 0 Å². The average molecular weight is 316 g/mol. The number of nitrogens with zero attached hydrogens (tertiary/aromatic N) is 1. The van der Waals surface area contributed by atoms with Crippen LogP contribution in [0.3, 0.4) is 0 Å². The van der Waals surface area contributed by atoms with Gasteiger partial charge in [-0.05, 0) is 48.9 Å². The third-order valence-corrected chi connectivity index (χ3v) is 5.06. The van der Waals surface area contributed by atoms with E-state index in [-0.39, 0.29) is 12.5 Å². The van der Waals surface area contributed by atoms with Crippen LogP contribution in [0.5, 0.6) is 5.75 Å². The van der Waals surface area contributed by atoms with Crippen molar-refractivity contribution in [2.75, 3.05) is 19.7 Å². The molecule has 23 heavy (non-hydrogen) atoms. The maximum atomic E-state index is 12.7. The van der Waals surface area contributed by atoms with Gasteiger partial charge in [0.1, 0.15) is 5.75 Å². The Morgan fingerprint density at radius 2 is 1.78 bits per heavy atom. The molecule has 1 aliphatic heterocycles. The van der Waals surface area contributed by atoms with E-state index in [1.165, 1.54) is 25.7 Å². The van der Waals surface area contributed by atoms with E-state index in [4.69, 9.17) is 10.5 Å². The molecule has 2 atom stereocenters. The molecule has 3 rings (SSSR count). The van der Waals surface area contributed by atoms with Crippen molar-refractivity contribution in [3.63, 3.8) is 0 Å². The first kappa shape index (κ1) is 15.8. The van der Waals surface area contributed by atoms with E-state index in [2.05, 4.69) is 0 Å². The van der Waals surface area contributed by atoms with Crippen molar-refractivity contribution in [1.29, 1.82) is 0 Å². The van der Waals surface area contributed by atoms with Crippen molar-refractivity contribution in [2.24, 2.45) is 17.6 Å². The number of carbonyl (C=O) groups is 2. The summed E-state index contributed by atoms with van der Waals surface area (Å²) in [5, 5.41) is 0. The van der Waals surface area contributed by atoms with Crippen LogP contribution < -0.4 is 10.5 Å². The molecule has 1 heterocycles. The molecule has 2 aliphatic rings. The Hall–Kier alpha value is -2.04. The molecule has 5 heteroatoms. The number of hydrogen-bond donors (Lipinski definition) is 1. The Morgan fingerprint density at radius 3 is 2.48 bits per heavy atom. The molecule has 5 nitrogen and oxygen atoms in total. The average Bonchev–Trinajstić information content (AvgIpc) is 2.59. The van der Waals surface area contributed by atoms with Gasteiger partial charge in [-0.2, -0.15) is 0 Å². The minimum absolute atomic E-state index is 0.0930. The molecule has 0 radical (unpaired) electrons. The van der Waals surface area contributed by atoms with Crippen molar-refractivity contribution in [2.45, 2.75) is 32.1 Å². The predicted molar refractivity (Wildman–Crippen MR) is 87.1 cm³/mol. The molecule has 2 fully saturated rings. The van der Waals surface area contributed by atoms with Gasteiger partial charge < -0.3 is 15.4 Å². The lowest BCUT2D eigenvalue weighted by Crippen LogP contribution is -2.44. The summed E-state index contributed by atoms with van der Waals surface area (Å²) in [6.45, 7) is 1.60. The first-order chi connectivity index (χ1) is 11.1. The molecule has 1 aromatic rings. The number of amides is 2. The van der Waals surface area contributed by atoms with Crippen molar-refractivity contribution >= 4 is 11.8 Å². The van der Waals surface area contributed by atoms with E-state index < -0.39 is 5.91 Å². The summed E-state index contributed by atoms with van der Waals surface area (Å²) < 4.78 is 5.22. The molecule has 1 aliphatic carbocycles. The number of piperidine rings is 1. The molecule has 0 aromatic heterocycles. The van der Waals surface area contributed by atoms with Crippen LogP contribution in [0.15, 0.2) is 24.3 Å². The van der Waals surface area contributed by atoms with Crippen molar-refractivity contribution < 1.29 is 14.3 Å². The van der Waals surface area contributed by atoms with Crippen molar-refractivity contribution in [1.82, 2.24) is 4.90 Å². The van der Waals surface area contributed by atoms with Gasteiger partial charge in [0, 0.05) is 18.7 Å². The number of likely N-dealkylation sites (tertiary alicyclic amines) is 1. The highest BCUT2D eigenvalue weighted by Crippen LogP contribution is 2.36. The summed E-state index contributed by atoms with van der Waals surface area (Å²) in [5.41, 5.74) is 5.72. The van der Waals surface area contributed by atoms with Gasteiger partial charge in [-0.1, -0.05) is 19.3 Å². The Balaban J connectivity index is 1.60. The first-order valence-electron chi connectivity index (χ1n) is 8.44. The molecule has 124 valence electrons. The van der Waals surface area contributed by atoms with Gasteiger partial charge in [0.05, 0.1) is 0 Å². The Labute approximate surface area is 136 Å². The van der Waals surface area contributed by atoms with Crippen LogP contribution in [-0.2, 0) is 4.79 Å². The Morgan fingerprint density at radius 1 is 1.09 bits per heavy atom. The lowest BCUT2D eigenvalue weighted by molar-refractivity contribution is -0.119. The van der Waals surface area contributed by atoms with Crippen LogP contribution in [0.4, 0.5) is 0 Å². The number of rotatable bonds is 4. The highest BCUT2D eigenvalue weighted by atomic mass is 16.5. The lowest BCUT2D eigenvalue weighted by Gasteiger charge is -2.41. The maximum absolute atomic E-state index is 12.7. The molecule has 0 bridgehead atoms. The zero-order valence-electron chi connectivity index (χ0n) is 13.4. The normalized spacial score (nSPS) is 23.9. The molecule has 2 amide bonds. The Kier molecular flexibility index (Phi) is 4.84. The number of benzene rings is 1. The van der Waals surface area contributed by atoms with E-state index in [1.807, 2.05) is 4.90 Å². The molecular formula is C18H24N2O3. The van der Waals surface area contributed by atoms with E-state index >= 15 is 0 Å². The second-order valence-electron chi connectivity index (χ2n) is 6.62. The number of ether oxygens (including phenoxy) is 1. The number of primary amides is 1. The number of nitrogens with two attached hydrogens (primary N) is 1. The summed E-state index contributed by atoms with van der Waals surface area (Å²) in [4.78, 5) is 25.4. The van der Waals surface area contributed by atoms with Crippen LogP contribution in [0.1, 0.15) is 42.5 Å². The smallest absolute Gasteiger partial charge is 0.255 e. The Bertz CT molecular complexity index is 570. The quantitative estimate of drug-likeness (QED) is 0.925. The van der Waals surface area contributed by atoms with E-state index in [0.29, 0.717) is 17.2 Å². The van der Waals surface area contributed by atoms with Crippen LogP contribution in [-0.4, -0.2) is 36.4 Å². The number of fused-ring (bicyclic) bond motifs is 1. The number of hydrogen-bond acceptors (Lipinski definition) is 3. The molecule has 2 N–H and O–H groups in total. The molecule has 1 saturated carbocycles. The van der Waals surface area contributed by atoms with E-state index in [0.717, 1.165) is 25.4 Å². The second kappa shape index (κ2) is 7.02. The predicted octanol–water partition coefficient (Wildman–Crippen LogP) is 2.20. The summed E-state index contributed by atoms with van der Waals surface area (Å²) >= 11 is 0.